The van der Waals surface area contributed by atoms with Crippen molar-refractivity contribution in [1.82, 2.24) is 5.43 Å². The highest BCUT2D eigenvalue weighted by Gasteiger charge is 2.25. The Morgan fingerprint density at radius 1 is 1.00 bits per heavy atom. The summed E-state index contributed by atoms with van der Waals surface area (Å²) < 4.78 is 0. The van der Waals surface area contributed by atoms with E-state index < -0.39 is 0 Å². The number of benzene rings is 2. The van der Waals surface area contributed by atoms with Crippen LogP contribution in [0.1, 0.15) is 30.9 Å². The van der Waals surface area contributed by atoms with Crippen molar-refractivity contribution in [1.29, 1.82) is 0 Å². The Morgan fingerprint density at radius 2 is 1.55 bits per heavy atom. The Labute approximate surface area is 132 Å². The van der Waals surface area contributed by atoms with Crippen molar-refractivity contribution < 1.29 is 0 Å². The lowest BCUT2D eigenvalue weighted by molar-refractivity contribution is 0.714. The lowest BCUT2D eigenvalue weighted by Gasteiger charge is -2.33. The van der Waals surface area contributed by atoms with Gasteiger partial charge in [-0.1, -0.05) is 48.9 Å². The highest BCUT2D eigenvalue weighted by Crippen LogP contribution is 2.45. The number of para-hydroxylation sites is 2. The van der Waals surface area contributed by atoms with E-state index in [1.807, 2.05) is 0 Å². The van der Waals surface area contributed by atoms with Crippen molar-refractivity contribution >= 4 is 16.9 Å². The lowest BCUT2D eigenvalue weighted by atomic mass is 9.85. The molecule has 0 radical (unpaired) electrons. The Bertz CT molecular complexity index is 654. The molecular weight excluding hydrogens is 270 g/mol. The van der Waals surface area contributed by atoms with Crippen LogP contribution in [0, 0.1) is 0 Å². The molecule has 0 amide bonds. The second-order valence-electron chi connectivity index (χ2n) is 5.63. The maximum atomic E-state index is 5.49. The van der Waals surface area contributed by atoms with E-state index in [1.54, 1.807) is 0 Å². The minimum Gasteiger partial charge on any atom is -0.344 e. The molecule has 0 saturated heterocycles. The Kier molecular flexibility index (Phi) is 4.27. The first-order valence-corrected chi connectivity index (χ1v) is 7.86. The topological polar surface area (TPSA) is 41.3 Å². The Hall–Kier alpha value is -2.10. The number of nitrogens with one attached hydrogen (secondary N) is 1. The molecule has 114 valence electrons. The Balaban J connectivity index is 2.25. The summed E-state index contributed by atoms with van der Waals surface area (Å²) in [4.78, 5) is 2.28. The summed E-state index contributed by atoms with van der Waals surface area (Å²) in [7, 11) is 2.14. The molecule has 0 fully saturated rings. The van der Waals surface area contributed by atoms with Gasteiger partial charge in [0.15, 0.2) is 0 Å². The molecule has 0 aliphatic carbocycles. The molecule has 1 aliphatic rings. The SMILES string of the molecule is CCC(CCNN)=C1c2ccccc2N(C)c2ccccc21. The second-order valence-corrected chi connectivity index (χ2v) is 5.63. The number of anilines is 2. The zero-order valence-electron chi connectivity index (χ0n) is 13.3. The quantitative estimate of drug-likeness (QED) is 0.665. The first-order valence-electron chi connectivity index (χ1n) is 7.86. The molecule has 22 heavy (non-hydrogen) atoms. The minimum absolute atomic E-state index is 0.798. The maximum Gasteiger partial charge on any atom is 0.0488 e. The Morgan fingerprint density at radius 3 is 2.05 bits per heavy atom. The van der Waals surface area contributed by atoms with Gasteiger partial charge in [-0.3, -0.25) is 11.3 Å². The summed E-state index contributed by atoms with van der Waals surface area (Å²) in [5.41, 5.74) is 10.8. The first kappa shape index (κ1) is 14.8. The van der Waals surface area contributed by atoms with E-state index >= 15 is 0 Å². The van der Waals surface area contributed by atoms with E-state index in [4.69, 9.17) is 5.84 Å². The van der Waals surface area contributed by atoms with Gasteiger partial charge in [0.1, 0.15) is 0 Å². The van der Waals surface area contributed by atoms with Crippen LogP contribution in [-0.2, 0) is 0 Å². The minimum atomic E-state index is 0.798. The van der Waals surface area contributed by atoms with Crippen molar-refractivity contribution in [2.45, 2.75) is 19.8 Å². The fourth-order valence-corrected chi connectivity index (χ4v) is 3.31. The van der Waals surface area contributed by atoms with Crippen LogP contribution in [0.5, 0.6) is 0 Å². The summed E-state index contributed by atoms with van der Waals surface area (Å²) in [5.74, 6) is 5.49. The molecule has 0 unspecified atom stereocenters. The van der Waals surface area contributed by atoms with Gasteiger partial charge in [0.2, 0.25) is 0 Å². The number of hydrazine groups is 1. The number of fused-ring (bicyclic) bond motifs is 2. The third-order valence-corrected chi connectivity index (χ3v) is 4.42. The highest BCUT2D eigenvalue weighted by atomic mass is 15.2. The summed E-state index contributed by atoms with van der Waals surface area (Å²) in [5, 5.41) is 0. The van der Waals surface area contributed by atoms with Crippen LogP contribution in [0.15, 0.2) is 54.1 Å². The molecule has 0 spiro atoms. The standard InChI is InChI=1S/C19H23N3/c1-3-14(12-13-21-20)19-15-8-4-6-10-17(15)22(2)18-11-7-5-9-16(18)19/h4-11,21H,3,12-13,20H2,1-2H3. The smallest absolute Gasteiger partial charge is 0.0488 e. The van der Waals surface area contributed by atoms with Crippen molar-refractivity contribution in [3.05, 3.63) is 65.2 Å². The van der Waals surface area contributed by atoms with Crippen LogP contribution in [0.3, 0.4) is 0 Å². The van der Waals surface area contributed by atoms with Gasteiger partial charge in [-0.2, -0.15) is 0 Å². The third kappa shape index (κ3) is 2.43. The average molecular weight is 293 g/mol. The number of nitrogens with two attached hydrogens (primary N) is 1. The van der Waals surface area contributed by atoms with Gasteiger partial charge in [0.25, 0.3) is 0 Å². The van der Waals surface area contributed by atoms with Gasteiger partial charge >= 0.3 is 0 Å². The maximum absolute atomic E-state index is 5.49. The van der Waals surface area contributed by atoms with Crippen LogP contribution >= 0.6 is 0 Å². The lowest BCUT2D eigenvalue weighted by Crippen LogP contribution is -2.24. The van der Waals surface area contributed by atoms with Crippen LogP contribution in [0.4, 0.5) is 11.4 Å². The fourth-order valence-electron chi connectivity index (χ4n) is 3.31. The van der Waals surface area contributed by atoms with E-state index in [-0.39, 0.29) is 0 Å². The van der Waals surface area contributed by atoms with Crippen LogP contribution < -0.4 is 16.2 Å². The van der Waals surface area contributed by atoms with Crippen molar-refractivity contribution in [3.8, 4) is 0 Å². The molecule has 2 aromatic carbocycles. The molecule has 3 heteroatoms. The van der Waals surface area contributed by atoms with E-state index in [1.165, 1.54) is 33.6 Å². The zero-order valence-corrected chi connectivity index (χ0v) is 13.3. The van der Waals surface area contributed by atoms with E-state index in [0.717, 1.165) is 19.4 Å². The van der Waals surface area contributed by atoms with Gasteiger partial charge in [-0.05, 0) is 30.5 Å². The predicted molar refractivity (Wildman–Crippen MR) is 94.1 cm³/mol. The molecule has 3 N–H and O–H groups in total. The van der Waals surface area contributed by atoms with E-state index in [0.29, 0.717) is 0 Å². The second kappa shape index (κ2) is 6.34. The molecule has 2 aromatic rings. The van der Waals surface area contributed by atoms with Crippen LogP contribution in [0.25, 0.3) is 5.57 Å². The van der Waals surface area contributed by atoms with Crippen molar-refractivity contribution in [3.63, 3.8) is 0 Å². The monoisotopic (exact) mass is 293 g/mol. The largest absolute Gasteiger partial charge is 0.344 e. The number of hydrogen-bond acceptors (Lipinski definition) is 3. The third-order valence-electron chi connectivity index (χ3n) is 4.42. The van der Waals surface area contributed by atoms with Gasteiger partial charge in [0.05, 0.1) is 0 Å². The summed E-state index contributed by atoms with van der Waals surface area (Å²) in [6.45, 7) is 3.02. The molecule has 0 saturated carbocycles. The van der Waals surface area contributed by atoms with Gasteiger partial charge in [-0.25, -0.2) is 0 Å². The number of rotatable bonds is 4. The first-order chi connectivity index (χ1) is 10.8. The summed E-state index contributed by atoms with van der Waals surface area (Å²) >= 11 is 0. The van der Waals surface area contributed by atoms with Gasteiger partial charge in [-0.15, -0.1) is 0 Å². The van der Waals surface area contributed by atoms with Crippen LogP contribution in [0.2, 0.25) is 0 Å². The molecular formula is C19H23N3. The van der Waals surface area contributed by atoms with Crippen molar-refractivity contribution in [2.75, 3.05) is 18.5 Å². The summed E-state index contributed by atoms with van der Waals surface area (Å²) in [6.07, 6.45) is 2.00. The van der Waals surface area contributed by atoms with Crippen molar-refractivity contribution in [2.24, 2.45) is 5.84 Å². The van der Waals surface area contributed by atoms with Gasteiger partial charge < -0.3 is 4.90 Å². The molecule has 0 bridgehead atoms. The molecule has 0 atom stereocenters. The van der Waals surface area contributed by atoms with Crippen LogP contribution in [-0.4, -0.2) is 13.6 Å². The van der Waals surface area contributed by atoms with E-state index in [2.05, 4.69) is 72.8 Å². The summed E-state index contributed by atoms with van der Waals surface area (Å²) in [6, 6.07) is 17.3. The average Bonchev–Trinajstić information content (AvgIpc) is 2.58. The fraction of sp³-hybridized carbons (Fsp3) is 0.263. The molecule has 3 rings (SSSR count). The predicted octanol–water partition coefficient (Wildman–Crippen LogP) is 3.83. The molecule has 3 nitrogen and oxygen atoms in total. The zero-order chi connectivity index (χ0) is 15.5. The molecule has 1 aliphatic heterocycles. The van der Waals surface area contributed by atoms with Gasteiger partial charge in [0, 0.05) is 36.1 Å². The molecule has 0 aromatic heterocycles. The number of nitrogens with zero attached hydrogens (tertiary/aromatic N) is 1. The normalized spacial score (nSPS) is 12.9. The molecule has 1 heterocycles. The highest BCUT2D eigenvalue weighted by molar-refractivity contribution is 5.98. The number of hydrogen-bond donors (Lipinski definition) is 2. The van der Waals surface area contributed by atoms with E-state index in [9.17, 15) is 0 Å².